The minimum absolute atomic E-state index is 0.0368. The molecule has 1 rings (SSSR count). The summed E-state index contributed by atoms with van der Waals surface area (Å²) in [6.45, 7) is 8.30. The first-order valence-electron chi connectivity index (χ1n) is 5.08. The lowest BCUT2D eigenvalue weighted by Gasteiger charge is -2.36. The van der Waals surface area contributed by atoms with Gasteiger partial charge in [-0.05, 0) is 13.3 Å². The van der Waals surface area contributed by atoms with Gasteiger partial charge in [0.15, 0.2) is 0 Å². The zero-order valence-corrected chi connectivity index (χ0v) is 11.5. The molecule has 1 aliphatic rings. The summed E-state index contributed by atoms with van der Waals surface area (Å²) < 4.78 is 4.86. The molecule has 0 amide bonds. The number of hydrogen-bond donors (Lipinski definition) is 0. The van der Waals surface area contributed by atoms with E-state index in [-0.39, 0.29) is 11.3 Å². The molecule has 0 radical (unpaired) electrons. The molecular formula is C12H18Cl2O. The van der Waals surface area contributed by atoms with Crippen LogP contribution in [0, 0.1) is 23.2 Å². The molecule has 15 heavy (non-hydrogen) atoms. The van der Waals surface area contributed by atoms with E-state index in [2.05, 4.69) is 32.6 Å². The average Bonchev–Trinajstić information content (AvgIpc) is 2.68. The van der Waals surface area contributed by atoms with Crippen LogP contribution in [-0.2, 0) is 4.74 Å². The van der Waals surface area contributed by atoms with E-state index in [4.69, 9.17) is 27.9 Å². The van der Waals surface area contributed by atoms with Crippen molar-refractivity contribution in [1.82, 2.24) is 0 Å². The monoisotopic (exact) mass is 248 g/mol. The van der Waals surface area contributed by atoms with Crippen LogP contribution in [0.1, 0.15) is 34.1 Å². The summed E-state index contributed by atoms with van der Waals surface area (Å²) in [5, 5.41) is 0. The van der Waals surface area contributed by atoms with Gasteiger partial charge in [-0.15, -0.1) is 23.2 Å². The van der Waals surface area contributed by atoms with Gasteiger partial charge >= 0.3 is 0 Å². The van der Waals surface area contributed by atoms with E-state index in [9.17, 15) is 0 Å². The molecule has 0 bridgehead atoms. The van der Waals surface area contributed by atoms with E-state index in [1.165, 1.54) is 0 Å². The average molecular weight is 249 g/mol. The Morgan fingerprint density at radius 1 is 1.27 bits per heavy atom. The minimum Gasteiger partial charge on any atom is -0.365 e. The van der Waals surface area contributed by atoms with Crippen LogP contribution in [0.3, 0.4) is 0 Å². The van der Waals surface area contributed by atoms with E-state index in [0.29, 0.717) is 0 Å². The van der Waals surface area contributed by atoms with Crippen LogP contribution in [0.25, 0.3) is 0 Å². The van der Waals surface area contributed by atoms with Crippen LogP contribution >= 0.6 is 23.2 Å². The van der Waals surface area contributed by atoms with E-state index in [1.807, 2.05) is 6.92 Å². The summed E-state index contributed by atoms with van der Waals surface area (Å²) in [6.07, 6.45) is 0.757. The van der Waals surface area contributed by atoms with E-state index < -0.39 is 9.93 Å². The molecule has 86 valence electrons. The Morgan fingerprint density at radius 2 is 1.73 bits per heavy atom. The Balaban J connectivity index is 2.78. The van der Waals surface area contributed by atoms with Crippen molar-refractivity contribution in [2.24, 2.45) is 11.3 Å². The van der Waals surface area contributed by atoms with Gasteiger partial charge < -0.3 is 4.74 Å². The van der Waals surface area contributed by atoms with Crippen molar-refractivity contribution < 1.29 is 4.74 Å². The Labute approximate surface area is 102 Å². The maximum atomic E-state index is 5.92. The summed E-state index contributed by atoms with van der Waals surface area (Å²) in [4.78, 5) is 0. The first-order valence-corrected chi connectivity index (χ1v) is 5.84. The highest BCUT2D eigenvalue weighted by Crippen LogP contribution is 2.52. The molecule has 2 unspecified atom stereocenters. The Kier molecular flexibility index (Phi) is 3.37. The maximum absolute atomic E-state index is 5.92. The van der Waals surface area contributed by atoms with Crippen molar-refractivity contribution >= 4 is 23.2 Å². The first kappa shape index (κ1) is 13.2. The van der Waals surface area contributed by atoms with Crippen LogP contribution in [0.4, 0.5) is 0 Å². The summed E-state index contributed by atoms with van der Waals surface area (Å²) in [7, 11) is 1.68. The molecule has 0 aliphatic heterocycles. The topological polar surface area (TPSA) is 9.23 Å². The zero-order chi connectivity index (χ0) is 11.9. The Bertz CT molecular complexity index is 306. The molecular weight excluding hydrogens is 231 g/mol. The third-order valence-corrected chi connectivity index (χ3v) is 3.99. The van der Waals surface area contributed by atoms with Gasteiger partial charge in [0.25, 0.3) is 0 Å². The van der Waals surface area contributed by atoms with E-state index >= 15 is 0 Å². The molecule has 0 spiro atoms. The standard InChI is InChI=1S/C12H18Cl2O/c1-10(2,3)11(4,15-5)7-6-9-8-12(9,13)14/h9H,8H2,1-5H3. The van der Waals surface area contributed by atoms with Gasteiger partial charge in [0, 0.05) is 12.5 Å². The molecule has 0 N–H and O–H groups in total. The third-order valence-electron chi connectivity index (χ3n) is 3.15. The van der Waals surface area contributed by atoms with Crippen molar-refractivity contribution in [3.8, 4) is 11.8 Å². The van der Waals surface area contributed by atoms with E-state index in [1.54, 1.807) is 7.11 Å². The minimum atomic E-state index is -0.625. The van der Waals surface area contributed by atoms with Crippen LogP contribution in [0.15, 0.2) is 0 Å². The van der Waals surface area contributed by atoms with Crippen molar-refractivity contribution in [3.05, 3.63) is 0 Å². The number of alkyl halides is 2. The van der Waals surface area contributed by atoms with Gasteiger partial charge in [0.1, 0.15) is 9.93 Å². The summed E-state index contributed by atoms with van der Waals surface area (Å²) in [5.41, 5.74) is -0.496. The molecule has 0 saturated heterocycles. The molecule has 3 heteroatoms. The highest BCUT2D eigenvalue weighted by molar-refractivity contribution is 6.51. The Morgan fingerprint density at radius 3 is 2.00 bits per heavy atom. The van der Waals surface area contributed by atoms with Crippen LogP contribution in [0.2, 0.25) is 0 Å². The number of hydrogen-bond acceptors (Lipinski definition) is 1. The fraction of sp³-hybridized carbons (Fsp3) is 0.833. The van der Waals surface area contributed by atoms with Gasteiger partial charge in [-0.25, -0.2) is 0 Å². The summed E-state index contributed by atoms with van der Waals surface area (Å²) >= 11 is 11.8. The maximum Gasteiger partial charge on any atom is 0.133 e. The quantitative estimate of drug-likeness (QED) is 0.509. The van der Waals surface area contributed by atoms with Gasteiger partial charge in [-0.1, -0.05) is 32.6 Å². The molecule has 2 atom stereocenters. The second-order valence-electron chi connectivity index (χ2n) is 5.27. The molecule has 1 saturated carbocycles. The lowest BCUT2D eigenvalue weighted by Crippen LogP contribution is -2.40. The van der Waals surface area contributed by atoms with Crippen molar-refractivity contribution in [1.29, 1.82) is 0 Å². The van der Waals surface area contributed by atoms with Gasteiger partial charge in [-0.2, -0.15) is 0 Å². The molecule has 1 aliphatic carbocycles. The summed E-state index contributed by atoms with van der Waals surface area (Å²) in [5.74, 6) is 6.36. The lowest BCUT2D eigenvalue weighted by molar-refractivity contribution is -0.0292. The SMILES string of the molecule is COC(C)(C#CC1CC1(Cl)Cl)C(C)(C)C. The fourth-order valence-corrected chi connectivity index (χ4v) is 1.56. The number of halogens is 2. The van der Waals surface area contributed by atoms with E-state index in [0.717, 1.165) is 6.42 Å². The van der Waals surface area contributed by atoms with Crippen molar-refractivity contribution in [3.63, 3.8) is 0 Å². The Hall–Kier alpha value is 0.100. The molecule has 0 aromatic carbocycles. The predicted octanol–water partition coefficient (Wildman–Crippen LogP) is 3.63. The smallest absolute Gasteiger partial charge is 0.133 e. The summed E-state index contributed by atoms with van der Waals surface area (Å²) in [6, 6.07) is 0. The van der Waals surface area contributed by atoms with Crippen molar-refractivity contribution in [2.45, 2.75) is 44.1 Å². The number of ether oxygens (including phenoxy) is 1. The van der Waals surface area contributed by atoms with Crippen molar-refractivity contribution in [2.75, 3.05) is 7.11 Å². The molecule has 0 heterocycles. The normalized spacial score (nSPS) is 27.5. The van der Waals surface area contributed by atoms with Gasteiger partial charge in [0.05, 0.1) is 5.92 Å². The second-order valence-corrected chi connectivity index (χ2v) is 6.82. The predicted molar refractivity (Wildman–Crippen MR) is 65.2 cm³/mol. The van der Waals surface area contributed by atoms with Crippen LogP contribution in [-0.4, -0.2) is 17.0 Å². The highest BCUT2D eigenvalue weighted by Gasteiger charge is 2.51. The van der Waals surface area contributed by atoms with Gasteiger partial charge in [0.2, 0.25) is 0 Å². The largest absolute Gasteiger partial charge is 0.365 e. The number of rotatable bonds is 1. The lowest BCUT2D eigenvalue weighted by atomic mass is 9.78. The van der Waals surface area contributed by atoms with Crippen LogP contribution in [0.5, 0.6) is 0 Å². The fourth-order valence-electron chi connectivity index (χ4n) is 1.14. The van der Waals surface area contributed by atoms with Gasteiger partial charge in [-0.3, -0.25) is 0 Å². The first-order chi connectivity index (χ1) is 6.62. The molecule has 1 nitrogen and oxygen atoms in total. The molecule has 0 aromatic heterocycles. The highest BCUT2D eigenvalue weighted by atomic mass is 35.5. The molecule has 1 fully saturated rings. The number of methoxy groups -OCH3 is 1. The van der Waals surface area contributed by atoms with Crippen LogP contribution < -0.4 is 0 Å². The molecule has 0 aromatic rings. The third kappa shape index (κ3) is 2.81. The zero-order valence-electron chi connectivity index (χ0n) is 9.95. The second kappa shape index (κ2) is 3.84.